The van der Waals surface area contributed by atoms with Gasteiger partial charge in [-0.15, -0.1) is 0 Å². The fraction of sp³-hybridized carbons (Fsp3) is 0.258. The first-order chi connectivity index (χ1) is 18.7. The quantitative estimate of drug-likeness (QED) is 0.302. The van der Waals surface area contributed by atoms with Gasteiger partial charge in [0.2, 0.25) is 5.91 Å². The molecule has 0 radical (unpaired) electrons. The highest BCUT2D eigenvalue weighted by Crippen LogP contribution is 2.41. The fourth-order valence-corrected chi connectivity index (χ4v) is 5.68. The monoisotopic (exact) mass is 540 g/mol. The van der Waals surface area contributed by atoms with E-state index >= 15 is 0 Å². The van der Waals surface area contributed by atoms with E-state index in [-0.39, 0.29) is 17.6 Å². The zero-order valence-electron chi connectivity index (χ0n) is 22.8. The molecule has 0 saturated carbocycles. The van der Waals surface area contributed by atoms with E-state index in [2.05, 4.69) is 28.9 Å². The molecule has 4 rings (SSSR count). The number of carbonyl (C=O) groups is 2. The van der Waals surface area contributed by atoms with Crippen molar-refractivity contribution >= 4 is 35.0 Å². The van der Waals surface area contributed by atoms with Crippen molar-refractivity contribution in [2.24, 2.45) is 0 Å². The molecule has 1 atom stereocenters. The van der Waals surface area contributed by atoms with Gasteiger partial charge in [0.15, 0.2) is 0 Å². The third-order valence-corrected chi connectivity index (χ3v) is 7.65. The van der Waals surface area contributed by atoms with E-state index < -0.39 is 5.92 Å². The molecule has 2 heterocycles. The molecule has 1 unspecified atom stereocenters. The van der Waals surface area contributed by atoms with E-state index in [4.69, 9.17) is 4.42 Å². The summed E-state index contributed by atoms with van der Waals surface area (Å²) in [5.74, 6) is -0.662. The number of furan rings is 1. The summed E-state index contributed by atoms with van der Waals surface area (Å²) in [5, 5.41) is 19.9. The molecule has 7 nitrogen and oxygen atoms in total. The molecule has 200 valence electrons. The highest BCUT2D eigenvalue weighted by atomic mass is 32.2. The van der Waals surface area contributed by atoms with Crippen LogP contribution in [0.1, 0.15) is 47.8 Å². The van der Waals surface area contributed by atoms with Crippen LogP contribution in [-0.2, 0) is 16.0 Å². The summed E-state index contributed by atoms with van der Waals surface area (Å²) in [6, 6.07) is 17.5. The Labute approximate surface area is 233 Å². The Morgan fingerprint density at radius 3 is 2.33 bits per heavy atom. The van der Waals surface area contributed by atoms with Gasteiger partial charge in [-0.05, 0) is 75.1 Å². The van der Waals surface area contributed by atoms with Crippen LogP contribution in [0.5, 0.6) is 0 Å². The van der Waals surface area contributed by atoms with Crippen LogP contribution >= 0.6 is 11.8 Å². The Hall–Kier alpha value is -4.22. The van der Waals surface area contributed by atoms with Gasteiger partial charge in [0.05, 0.1) is 40.2 Å². The van der Waals surface area contributed by atoms with E-state index in [0.29, 0.717) is 33.3 Å². The smallest absolute Gasteiger partial charge is 0.254 e. The number of rotatable bonds is 8. The van der Waals surface area contributed by atoms with Crippen molar-refractivity contribution in [3.8, 4) is 6.07 Å². The second kappa shape index (κ2) is 12.1. The number of benzene rings is 2. The van der Waals surface area contributed by atoms with Gasteiger partial charge >= 0.3 is 0 Å². The third-order valence-electron chi connectivity index (χ3n) is 6.63. The number of aryl methyl sites for hydroxylation is 4. The molecule has 0 saturated heterocycles. The Bertz CT molecular complexity index is 1470. The standard InChI is InChI=1S/C31H32N4O3S/c1-6-22-9-11-23(12-10-22)34-26(36)17-39-31-24(16-32)28(25-8-7-13-38-25)27(21(5)33-31)30(37)35-29-19(3)14-18(2)15-20(29)4/h7-15,28,33H,6,17H2,1-5H3,(H,34,36)(H,35,37). The van der Waals surface area contributed by atoms with Crippen molar-refractivity contribution in [2.75, 3.05) is 16.4 Å². The molecule has 3 aromatic rings. The number of hydrogen-bond donors (Lipinski definition) is 3. The number of dihydropyridines is 1. The normalized spacial score (nSPS) is 15.0. The van der Waals surface area contributed by atoms with Gasteiger partial charge in [-0.3, -0.25) is 9.59 Å². The molecule has 2 amide bonds. The third kappa shape index (κ3) is 6.27. The van der Waals surface area contributed by atoms with Crippen LogP contribution in [0.15, 0.2) is 81.1 Å². The van der Waals surface area contributed by atoms with Gasteiger partial charge in [-0.1, -0.05) is 48.5 Å². The Balaban J connectivity index is 1.58. The molecule has 1 aliphatic rings. The largest absolute Gasteiger partial charge is 0.468 e. The van der Waals surface area contributed by atoms with Gasteiger partial charge in [0, 0.05) is 17.1 Å². The van der Waals surface area contributed by atoms with E-state index in [1.807, 2.05) is 57.2 Å². The van der Waals surface area contributed by atoms with E-state index in [9.17, 15) is 14.9 Å². The number of allylic oxidation sites excluding steroid dienone is 2. The van der Waals surface area contributed by atoms with Crippen molar-refractivity contribution < 1.29 is 14.0 Å². The highest BCUT2D eigenvalue weighted by Gasteiger charge is 2.36. The van der Waals surface area contributed by atoms with Crippen LogP contribution in [0, 0.1) is 32.1 Å². The summed E-state index contributed by atoms with van der Waals surface area (Å²) in [6.07, 6.45) is 2.45. The van der Waals surface area contributed by atoms with Crippen LogP contribution in [0.2, 0.25) is 0 Å². The zero-order chi connectivity index (χ0) is 28.1. The predicted molar refractivity (Wildman–Crippen MR) is 156 cm³/mol. The van der Waals surface area contributed by atoms with Crippen molar-refractivity contribution in [1.82, 2.24) is 5.32 Å². The molecule has 8 heteroatoms. The average molecular weight is 541 g/mol. The molecule has 2 aromatic carbocycles. The number of carbonyl (C=O) groups excluding carboxylic acids is 2. The molecular formula is C31H32N4O3S. The van der Waals surface area contributed by atoms with E-state index in [1.54, 1.807) is 19.1 Å². The SMILES string of the molecule is CCc1ccc(NC(=O)CSC2=C(C#N)C(c3ccco3)C(C(=O)Nc3c(C)cc(C)cc3C)=C(C)N2)cc1. The van der Waals surface area contributed by atoms with Crippen LogP contribution in [0.3, 0.4) is 0 Å². The summed E-state index contributed by atoms with van der Waals surface area (Å²) in [7, 11) is 0. The first-order valence-corrected chi connectivity index (χ1v) is 13.8. The summed E-state index contributed by atoms with van der Waals surface area (Å²) in [4.78, 5) is 26.4. The van der Waals surface area contributed by atoms with Gasteiger partial charge in [-0.25, -0.2) is 0 Å². The lowest BCUT2D eigenvalue weighted by molar-refractivity contribution is -0.114. The Morgan fingerprint density at radius 2 is 1.74 bits per heavy atom. The average Bonchev–Trinajstić information content (AvgIpc) is 3.44. The molecule has 1 aliphatic heterocycles. The van der Waals surface area contributed by atoms with Crippen LogP contribution in [-0.4, -0.2) is 17.6 Å². The number of nitriles is 1. The summed E-state index contributed by atoms with van der Waals surface area (Å²) >= 11 is 1.22. The molecule has 0 aliphatic carbocycles. The molecule has 3 N–H and O–H groups in total. The van der Waals surface area contributed by atoms with E-state index in [0.717, 1.165) is 28.8 Å². The van der Waals surface area contributed by atoms with E-state index in [1.165, 1.54) is 23.6 Å². The second-order valence-corrected chi connectivity index (χ2v) is 10.6. The summed E-state index contributed by atoms with van der Waals surface area (Å²) in [6.45, 7) is 9.80. The number of thioether (sulfide) groups is 1. The van der Waals surface area contributed by atoms with Crippen molar-refractivity contribution in [3.05, 3.63) is 105 Å². The highest BCUT2D eigenvalue weighted by molar-refractivity contribution is 8.03. The van der Waals surface area contributed by atoms with Gasteiger partial charge in [-0.2, -0.15) is 5.26 Å². The zero-order valence-corrected chi connectivity index (χ0v) is 23.6. The van der Waals surface area contributed by atoms with Crippen molar-refractivity contribution in [1.29, 1.82) is 5.26 Å². The lowest BCUT2D eigenvalue weighted by Gasteiger charge is -2.28. The maximum atomic E-state index is 13.7. The topological polar surface area (TPSA) is 107 Å². The Kier molecular flexibility index (Phi) is 8.62. The fourth-order valence-electron chi connectivity index (χ4n) is 4.78. The van der Waals surface area contributed by atoms with Gasteiger partial charge in [0.1, 0.15) is 5.76 Å². The van der Waals surface area contributed by atoms with Gasteiger partial charge < -0.3 is 20.4 Å². The predicted octanol–water partition coefficient (Wildman–Crippen LogP) is 6.47. The van der Waals surface area contributed by atoms with Crippen molar-refractivity contribution in [2.45, 2.75) is 47.0 Å². The number of amides is 2. The minimum Gasteiger partial charge on any atom is -0.468 e. The second-order valence-electron chi connectivity index (χ2n) is 9.58. The molecule has 1 aromatic heterocycles. The van der Waals surface area contributed by atoms with Crippen LogP contribution in [0.25, 0.3) is 0 Å². The first kappa shape index (κ1) is 27.8. The molecule has 39 heavy (non-hydrogen) atoms. The number of anilines is 2. The minimum atomic E-state index is -0.718. The molecule has 0 fully saturated rings. The maximum absolute atomic E-state index is 13.7. The number of hydrogen-bond acceptors (Lipinski definition) is 6. The van der Waals surface area contributed by atoms with Gasteiger partial charge in [0.25, 0.3) is 5.91 Å². The Morgan fingerprint density at radius 1 is 1.05 bits per heavy atom. The minimum absolute atomic E-state index is 0.0878. The molecular weight excluding hydrogens is 508 g/mol. The summed E-state index contributed by atoms with van der Waals surface area (Å²) < 4.78 is 5.70. The van der Waals surface area contributed by atoms with Crippen LogP contribution < -0.4 is 16.0 Å². The van der Waals surface area contributed by atoms with Crippen molar-refractivity contribution in [3.63, 3.8) is 0 Å². The molecule has 0 spiro atoms. The lowest BCUT2D eigenvalue weighted by atomic mass is 9.85. The first-order valence-electron chi connectivity index (χ1n) is 12.8. The number of nitrogens with zero attached hydrogens (tertiary/aromatic N) is 1. The molecule has 0 bridgehead atoms. The van der Waals surface area contributed by atoms with Crippen LogP contribution in [0.4, 0.5) is 11.4 Å². The number of nitrogens with one attached hydrogen (secondary N) is 3. The lowest BCUT2D eigenvalue weighted by Crippen LogP contribution is -2.31. The maximum Gasteiger partial charge on any atom is 0.254 e. The summed E-state index contributed by atoms with van der Waals surface area (Å²) in [5.41, 5.74) is 6.99.